The summed E-state index contributed by atoms with van der Waals surface area (Å²) in [6.45, 7) is 1.37. The smallest absolute Gasteiger partial charge is 0.185 e. The Morgan fingerprint density at radius 1 is 0.448 bits per heavy atom. The van der Waals surface area contributed by atoms with Crippen molar-refractivity contribution in [3.05, 3.63) is 119 Å². The third-order valence-corrected chi connectivity index (χ3v) is 11.3. The number of methoxy groups -OCH3 is 4. The lowest BCUT2D eigenvalue weighted by Crippen LogP contribution is -2.01. The molecule has 0 saturated carbocycles. The predicted molar refractivity (Wildman–Crippen MR) is 241 cm³/mol. The van der Waals surface area contributed by atoms with Gasteiger partial charge in [-0.05, 0) is 108 Å². The quantitative estimate of drug-likeness (QED) is 0.0299. The zero-order valence-corrected chi connectivity index (χ0v) is 36.0. The molecule has 4 rings (SSSR count). The number of ketones is 2. The second-order valence-corrected chi connectivity index (χ2v) is 15.9. The summed E-state index contributed by atoms with van der Waals surface area (Å²) < 4.78 is 32.9. The van der Waals surface area contributed by atoms with Crippen molar-refractivity contribution >= 4 is 47.2 Å². The van der Waals surface area contributed by atoms with Crippen molar-refractivity contribution in [1.82, 2.24) is 0 Å². The van der Waals surface area contributed by atoms with Crippen molar-refractivity contribution in [1.29, 1.82) is 0 Å². The Kier molecular flexibility index (Phi) is 21.4. The summed E-state index contributed by atoms with van der Waals surface area (Å²) in [5.41, 5.74) is 2.95. The summed E-state index contributed by atoms with van der Waals surface area (Å²) in [6.07, 6.45) is 17.1. The molecule has 0 aliphatic heterocycles. The van der Waals surface area contributed by atoms with Gasteiger partial charge in [-0.2, -0.15) is 23.5 Å². The monoisotopic (exact) mass is 826 g/mol. The molecule has 0 aromatic heterocycles. The molecule has 0 aliphatic rings. The number of carbonyl (C=O) groups excluding carboxylic acids is 2. The molecule has 0 aliphatic carbocycles. The van der Waals surface area contributed by atoms with Crippen LogP contribution in [-0.2, 0) is 0 Å². The van der Waals surface area contributed by atoms with Crippen LogP contribution >= 0.6 is 23.5 Å². The van der Waals surface area contributed by atoms with Crippen molar-refractivity contribution in [3.63, 3.8) is 0 Å². The van der Waals surface area contributed by atoms with E-state index in [2.05, 4.69) is 0 Å². The molecule has 0 bridgehead atoms. The Bertz CT molecular complexity index is 1740. The van der Waals surface area contributed by atoms with Gasteiger partial charge >= 0.3 is 0 Å². The van der Waals surface area contributed by atoms with E-state index in [4.69, 9.17) is 28.4 Å². The number of thioether (sulfide) groups is 2. The average Bonchev–Trinajstić information content (AvgIpc) is 3.27. The molecule has 0 radical (unpaired) electrons. The molecule has 0 N–H and O–H groups in total. The molecule has 8 nitrogen and oxygen atoms in total. The van der Waals surface area contributed by atoms with Crippen LogP contribution in [0.1, 0.15) is 83.2 Å². The van der Waals surface area contributed by atoms with E-state index in [1.807, 2.05) is 72.1 Å². The van der Waals surface area contributed by atoms with Gasteiger partial charge < -0.3 is 28.4 Å². The average molecular weight is 827 g/mol. The number of benzene rings is 4. The number of hydrogen-bond acceptors (Lipinski definition) is 10. The van der Waals surface area contributed by atoms with Crippen molar-refractivity contribution < 1.29 is 38.0 Å². The highest BCUT2D eigenvalue weighted by molar-refractivity contribution is 7.99. The van der Waals surface area contributed by atoms with Crippen molar-refractivity contribution in [3.8, 4) is 34.5 Å². The Morgan fingerprint density at radius 2 is 0.810 bits per heavy atom. The Morgan fingerprint density at radius 3 is 1.17 bits per heavy atom. The van der Waals surface area contributed by atoms with E-state index in [1.54, 1.807) is 89.1 Å². The molecule has 0 amide bonds. The Labute approximate surface area is 353 Å². The van der Waals surface area contributed by atoms with Gasteiger partial charge in [0.15, 0.2) is 34.6 Å². The summed E-state index contributed by atoms with van der Waals surface area (Å²) >= 11 is 3.91. The zero-order valence-electron chi connectivity index (χ0n) is 34.4. The minimum Gasteiger partial charge on any atom is -0.493 e. The summed E-state index contributed by atoms with van der Waals surface area (Å²) in [5.74, 6) is 8.02. The van der Waals surface area contributed by atoms with Crippen LogP contribution in [0.4, 0.5) is 0 Å². The maximum Gasteiger partial charge on any atom is 0.185 e. The van der Waals surface area contributed by atoms with E-state index in [9.17, 15) is 9.59 Å². The van der Waals surface area contributed by atoms with E-state index in [0.717, 1.165) is 34.1 Å². The van der Waals surface area contributed by atoms with Crippen LogP contribution in [0.25, 0.3) is 12.2 Å². The summed E-state index contributed by atoms with van der Waals surface area (Å²) in [7, 11) is 6.25. The molecular formula is C48H58O8S2. The molecule has 4 aromatic rings. The zero-order chi connectivity index (χ0) is 41.2. The fourth-order valence-corrected chi connectivity index (χ4v) is 7.60. The fraction of sp³-hybridized carbons (Fsp3) is 0.375. The lowest BCUT2D eigenvalue weighted by atomic mass is 10.1. The van der Waals surface area contributed by atoms with Gasteiger partial charge in [-0.3, -0.25) is 9.59 Å². The first-order valence-electron chi connectivity index (χ1n) is 19.9. The first-order valence-corrected chi connectivity index (χ1v) is 22.2. The minimum atomic E-state index is -0.101. The number of ether oxygens (including phenoxy) is 6. The van der Waals surface area contributed by atoms with Gasteiger partial charge in [0.2, 0.25) is 0 Å². The summed E-state index contributed by atoms with van der Waals surface area (Å²) in [4.78, 5) is 25.2. The standard InChI is InChI=1S/C48H58O8S2/c1-51-45-27-19-39(35-47(45)53-3)43(49)25-17-37-13-21-41(22-14-37)55-29-33-57-31-11-9-7-5-6-8-10-12-32-58-34-30-56-42-23-15-38(16-24-42)18-26-44(50)40-20-28-46(52-2)48(36-40)54-4/h13-28,35-36H,5-12,29-34H2,1-4H3/b25-17-,26-18+. The molecule has 0 heterocycles. The van der Waals surface area contributed by atoms with Gasteiger partial charge in [-0.25, -0.2) is 0 Å². The van der Waals surface area contributed by atoms with Crippen LogP contribution in [0.2, 0.25) is 0 Å². The predicted octanol–water partition coefficient (Wildman–Crippen LogP) is 11.6. The van der Waals surface area contributed by atoms with Gasteiger partial charge in [0.05, 0.1) is 41.7 Å². The van der Waals surface area contributed by atoms with Crippen LogP contribution in [0.3, 0.4) is 0 Å². The van der Waals surface area contributed by atoms with Crippen LogP contribution in [0, 0.1) is 0 Å². The number of rotatable bonds is 29. The number of allylic oxidation sites excluding steroid dienone is 2. The fourth-order valence-electron chi connectivity index (χ4n) is 5.98. The highest BCUT2D eigenvalue weighted by atomic mass is 32.2. The molecule has 0 spiro atoms. The van der Waals surface area contributed by atoms with Gasteiger partial charge in [0.25, 0.3) is 0 Å². The van der Waals surface area contributed by atoms with Crippen LogP contribution < -0.4 is 28.4 Å². The van der Waals surface area contributed by atoms with Gasteiger partial charge in [-0.15, -0.1) is 0 Å². The van der Waals surface area contributed by atoms with Gasteiger partial charge in [-0.1, -0.05) is 74.9 Å². The summed E-state index contributed by atoms with van der Waals surface area (Å²) in [6, 6.07) is 25.9. The van der Waals surface area contributed by atoms with Crippen molar-refractivity contribution in [2.24, 2.45) is 0 Å². The highest BCUT2D eigenvalue weighted by Gasteiger charge is 2.10. The molecule has 0 fully saturated rings. The lowest BCUT2D eigenvalue weighted by Gasteiger charge is -2.08. The van der Waals surface area contributed by atoms with Crippen molar-refractivity contribution in [2.75, 3.05) is 64.7 Å². The topological polar surface area (TPSA) is 89.5 Å². The largest absolute Gasteiger partial charge is 0.493 e. The molecule has 4 aromatic carbocycles. The normalized spacial score (nSPS) is 11.2. The second kappa shape index (κ2) is 27.0. The van der Waals surface area contributed by atoms with Gasteiger partial charge in [0, 0.05) is 22.6 Å². The lowest BCUT2D eigenvalue weighted by molar-refractivity contribution is 0.103. The number of hydrogen-bond donors (Lipinski definition) is 0. The summed E-state index contributed by atoms with van der Waals surface area (Å²) in [5, 5.41) is 0. The first-order chi connectivity index (χ1) is 28.4. The SMILES string of the molecule is COc1ccc(C(=O)/C=C\c2ccc(OCCSCCCCCCCCCCSCCOc3ccc(/C=C/C(=O)c4ccc(OC)c(OC)c4)cc3)cc2)cc1OC. The maximum absolute atomic E-state index is 12.6. The minimum absolute atomic E-state index is 0.101. The highest BCUT2D eigenvalue weighted by Crippen LogP contribution is 2.29. The van der Waals surface area contributed by atoms with Crippen LogP contribution in [0.5, 0.6) is 34.5 Å². The molecule has 0 unspecified atom stereocenters. The number of carbonyl (C=O) groups is 2. The molecule has 10 heteroatoms. The third kappa shape index (κ3) is 16.6. The van der Waals surface area contributed by atoms with Crippen LogP contribution in [0.15, 0.2) is 97.1 Å². The molecule has 58 heavy (non-hydrogen) atoms. The van der Waals surface area contributed by atoms with Crippen molar-refractivity contribution in [2.45, 2.75) is 51.4 Å². The van der Waals surface area contributed by atoms with E-state index in [-0.39, 0.29) is 11.6 Å². The van der Waals surface area contributed by atoms with E-state index in [0.29, 0.717) is 47.3 Å². The molecule has 0 atom stereocenters. The molecular weight excluding hydrogens is 769 g/mol. The Balaban J connectivity index is 0.923. The molecule has 310 valence electrons. The van der Waals surface area contributed by atoms with E-state index < -0.39 is 0 Å². The van der Waals surface area contributed by atoms with Crippen LogP contribution in [-0.4, -0.2) is 76.2 Å². The second-order valence-electron chi connectivity index (χ2n) is 13.4. The third-order valence-electron chi connectivity index (χ3n) is 9.27. The van der Waals surface area contributed by atoms with E-state index >= 15 is 0 Å². The van der Waals surface area contributed by atoms with Gasteiger partial charge in [0.1, 0.15) is 11.5 Å². The first kappa shape index (κ1) is 45.9. The van der Waals surface area contributed by atoms with E-state index in [1.165, 1.54) is 62.9 Å². The maximum atomic E-state index is 12.6. The Hall–Kier alpha value is -4.80. The number of unbranched alkanes of at least 4 members (excludes halogenated alkanes) is 7. The molecule has 0 saturated heterocycles.